The van der Waals surface area contributed by atoms with Gasteiger partial charge in [-0.2, -0.15) is 0 Å². The Hall–Kier alpha value is -0.690. The molecule has 0 unspecified atom stereocenters. The van der Waals surface area contributed by atoms with Crippen LogP contribution in [0.4, 0.5) is 0 Å². The highest BCUT2D eigenvalue weighted by molar-refractivity contribution is 5.69. The molecular formula is C12H24N2O4. The minimum absolute atomic E-state index is 0.0986. The van der Waals surface area contributed by atoms with Crippen molar-refractivity contribution in [2.45, 2.75) is 32.6 Å². The van der Waals surface area contributed by atoms with Crippen LogP contribution in [0.2, 0.25) is 0 Å². The number of nitrogens with one attached hydrogen (secondary N) is 1. The molecule has 0 bridgehead atoms. The number of esters is 1. The molecule has 0 aromatic carbocycles. The van der Waals surface area contributed by atoms with E-state index in [9.17, 15) is 4.79 Å². The third-order valence-corrected chi connectivity index (χ3v) is 2.56. The first kappa shape index (κ1) is 15.4. The zero-order valence-electron chi connectivity index (χ0n) is 11.2. The van der Waals surface area contributed by atoms with Gasteiger partial charge in [-0.05, 0) is 19.8 Å². The van der Waals surface area contributed by atoms with Crippen LogP contribution in [-0.4, -0.2) is 50.7 Å². The predicted molar refractivity (Wildman–Crippen MR) is 66.6 cm³/mol. The molecule has 6 nitrogen and oxygen atoms in total. The van der Waals surface area contributed by atoms with Gasteiger partial charge >= 0.3 is 5.97 Å². The molecule has 0 amide bonds. The van der Waals surface area contributed by atoms with Crippen molar-refractivity contribution in [2.24, 2.45) is 0 Å². The van der Waals surface area contributed by atoms with Gasteiger partial charge in [0.1, 0.15) is 0 Å². The topological polar surface area (TPSA) is 60.0 Å². The lowest BCUT2D eigenvalue weighted by atomic mass is 10.2. The van der Waals surface area contributed by atoms with Crippen molar-refractivity contribution in [1.29, 1.82) is 0 Å². The minimum Gasteiger partial charge on any atom is -0.466 e. The molecule has 1 rings (SSSR count). The number of unbranched alkanes of at least 4 members (excludes halogenated alkanes) is 2. The summed E-state index contributed by atoms with van der Waals surface area (Å²) in [5.41, 5.74) is 3.19. The molecule has 0 aliphatic carbocycles. The fourth-order valence-electron chi connectivity index (χ4n) is 1.65. The lowest BCUT2D eigenvalue weighted by molar-refractivity contribution is -0.185. The average Bonchev–Trinajstić information content (AvgIpc) is 2.62. The van der Waals surface area contributed by atoms with Gasteiger partial charge in [-0.15, -0.1) is 5.17 Å². The molecule has 0 aromatic rings. The highest BCUT2D eigenvalue weighted by Crippen LogP contribution is 2.01. The standard InChI is InChI=1S/C12H24N2O4/c1-2-17-12(15)6-4-3-5-7-13-14-8-9-16-10-11-18-14/h13H,2-11H2,1H3. The average molecular weight is 260 g/mol. The van der Waals surface area contributed by atoms with Crippen LogP contribution in [0.1, 0.15) is 32.6 Å². The number of carbonyl (C=O) groups is 1. The van der Waals surface area contributed by atoms with E-state index in [2.05, 4.69) is 5.43 Å². The Morgan fingerprint density at radius 3 is 3.00 bits per heavy atom. The van der Waals surface area contributed by atoms with E-state index in [0.29, 0.717) is 32.8 Å². The number of hydroxylamine groups is 1. The van der Waals surface area contributed by atoms with Crippen LogP contribution in [-0.2, 0) is 19.1 Å². The monoisotopic (exact) mass is 260 g/mol. The molecule has 1 N–H and O–H groups in total. The Kier molecular flexibility index (Phi) is 8.75. The van der Waals surface area contributed by atoms with Gasteiger partial charge in [0.05, 0.1) is 33.0 Å². The number of hydrogen-bond donors (Lipinski definition) is 1. The molecular weight excluding hydrogens is 236 g/mol. The van der Waals surface area contributed by atoms with E-state index in [-0.39, 0.29) is 5.97 Å². The van der Waals surface area contributed by atoms with E-state index in [4.69, 9.17) is 14.3 Å². The van der Waals surface area contributed by atoms with Gasteiger partial charge in [-0.1, -0.05) is 6.42 Å². The number of nitrogens with zero attached hydrogens (tertiary/aromatic N) is 1. The molecule has 106 valence electrons. The second-order valence-electron chi connectivity index (χ2n) is 4.07. The van der Waals surface area contributed by atoms with Crippen molar-refractivity contribution < 1.29 is 19.1 Å². The fourth-order valence-corrected chi connectivity index (χ4v) is 1.65. The van der Waals surface area contributed by atoms with Crippen LogP contribution in [0.3, 0.4) is 0 Å². The van der Waals surface area contributed by atoms with Gasteiger partial charge in [-0.25, -0.2) is 5.43 Å². The van der Waals surface area contributed by atoms with Gasteiger partial charge < -0.3 is 9.47 Å². The Morgan fingerprint density at radius 2 is 2.17 bits per heavy atom. The molecule has 1 saturated heterocycles. The summed E-state index contributed by atoms with van der Waals surface area (Å²) in [7, 11) is 0. The zero-order valence-corrected chi connectivity index (χ0v) is 11.2. The van der Waals surface area contributed by atoms with Crippen LogP contribution in [0.15, 0.2) is 0 Å². The summed E-state index contributed by atoms with van der Waals surface area (Å²) >= 11 is 0. The second kappa shape index (κ2) is 10.3. The molecule has 1 aliphatic heterocycles. The number of rotatable bonds is 8. The van der Waals surface area contributed by atoms with Crippen LogP contribution in [0.5, 0.6) is 0 Å². The number of hydrazine groups is 1. The first-order valence-corrected chi connectivity index (χ1v) is 6.70. The lowest BCUT2D eigenvalue weighted by Crippen LogP contribution is -2.39. The summed E-state index contributed by atoms with van der Waals surface area (Å²) < 4.78 is 10.1. The third kappa shape index (κ3) is 7.60. The van der Waals surface area contributed by atoms with Crippen LogP contribution < -0.4 is 5.43 Å². The predicted octanol–water partition coefficient (Wildman–Crippen LogP) is 0.878. The molecule has 0 aromatic heterocycles. The number of ether oxygens (including phenoxy) is 2. The summed E-state index contributed by atoms with van der Waals surface area (Å²) in [4.78, 5) is 16.5. The van der Waals surface area contributed by atoms with Gasteiger partial charge in [0.15, 0.2) is 0 Å². The van der Waals surface area contributed by atoms with Crippen molar-refractivity contribution in [1.82, 2.24) is 10.6 Å². The van der Waals surface area contributed by atoms with Crippen molar-refractivity contribution in [3.8, 4) is 0 Å². The molecule has 6 heteroatoms. The van der Waals surface area contributed by atoms with Gasteiger partial charge in [-0.3, -0.25) is 9.63 Å². The van der Waals surface area contributed by atoms with Crippen LogP contribution >= 0.6 is 0 Å². The van der Waals surface area contributed by atoms with Crippen molar-refractivity contribution in [3.05, 3.63) is 0 Å². The van der Waals surface area contributed by atoms with E-state index < -0.39 is 0 Å². The zero-order chi connectivity index (χ0) is 13.1. The molecule has 1 fully saturated rings. The second-order valence-corrected chi connectivity index (χ2v) is 4.07. The lowest BCUT2D eigenvalue weighted by Gasteiger charge is -2.19. The molecule has 1 heterocycles. The first-order chi connectivity index (χ1) is 8.83. The Labute approximate surface area is 108 Å². The fraction of sp³-hybridized carbons (Fsp3) is 0.917. The smallest absolute Gasteiger partial charge is 0.305 e. The van der Waals surface area contributed by atoms with Crippen molar-refractivity contribution in [3.63, 3.8) is 0 Å². The highest BCUT2D eigenvalue weighted by atomic mass is 16.7. The first-order valence-electron chi connectivity index (χ1n) is 6.70. The van der Waals surface area contributed by atoms with E-state index >= 15 is 0 Å². The van der Waals surface area contributed by atoms with Gasteiger partial charge in [0, 0.05) is 13.0 Å². The molecule has 1 aliphatic rings. The summed E-state index contributed by atoms with van der Waals surface area (Å²) in [5, 5.41) is 1.73. The molecule has 0 atom stereocenters. The Balaban J connectivity index is 1.90. The van der Waals surface area contributed by atoms with Crippen molar-refractivity contribution in [2.75, 3.05) is 39.5 Å². The normalized spacial score (nSPS) is 17.4. The van der Waals surface area contributed by atoms with Gasteiger partial charge in [0.25, 0.3) is 0 Å². The summed E-state index contributed by atoms with van der Waals surface area (Å²) in [6.45, 7) is 5.82. The van der Waals surface area contributed by atoms with E-state index in [0.717, 1.165) is 32.4 Å². The molecule has 18 heavy (non-hydrogen) atoms. The third-order valence-electron chi connectivity index (χ3n) is 2.56. The Bertz CT molecular complexity index is 218. The SMILES string of the molecule is CCOC(=O)CCCCCNN1CCOCCO1. The highest BCUT2D eigenvalue weighted by Gasteiger charge is 2.08. The molecule has 0 saturated carbocycles. The quantitative estimate of drug-likeness (QED) is 0.516. The van der Waals surface area contributed by atoms with E-state index in [1.54, 1.807) is 5.17 Å². The number of hydrogen-bond acceptors (Lipinski definition) is 6. The minimum atomic E-state index is -0.0986. The maximum Gasteiger partial charge on any atom is 0.305 e. The number of carbonyl (C=O) groups excluding carboxylic acids is 1. The maximum atomic E-state index is 11.1. The summed E-state index contributed by atoms with van der Waals surface area (Å²) in [6, 6.07) is 0. The summed E-state index contributed by atoms with van der Waals surface area (Å²) in [5.74, 6) is -0.0986. The van der Waals surface area contributed by atoms with Crippen molar-refractivity contribution >= 4 is 5.97 Å². The maximum absolute atomic E-state index is 11.1. The largest absolute Gasteiger partial charge is 0.466 e. The molecule has 0 spiro atoms. The molecule has 0 radical (unpaired) electrons. The van der Waals surface area contributed by atoms with Crippen LogP contribution in [0, 0.1) is 0 Å². The van der Waals surface area contributed by atoms with E-state index in [1.807, 2.05) is 6.92 Å². The van der Waals surface area contributed by atoms with Gasteiger partial charge in [0.2, 0.25) is 0 Å². The summed E-state index contributed by atoms with van der Waals surface area (Å²) in [6.07, 6.45) is 3.42. The van der Waals surface area contributed by atoms with E-state index in [1.165, 1.54) is 0 Å². The van der Waals surface area contributed by atoms with Crippen LogP contribution in [0.25, 0.3) is 0 Å². The Morgan fingerprint density at radius 1 is 1.28 bits per heavy atom.